The number of hydrogen-bond acceptors (Lipinski definition) is 5. The number of ether oxygens (including phenoxy) is 3. The fourth-order valence-corrected chi connectivity index (χ4v) is 1.97. The Bertz CT molecular complexity index is 489. The summed E-state index contributed by atoms with van der Waals surface area (Å²) >= 11 is 0. The lowest BCUT2D eigenvalue weighted by Gasteiger charge is -2.11. The van der Waals surface area contributed by atoms with E-state index in [-0.39, 0.29) is 24.0 Å². The molecule has 0 aliphatic rings. The largest absolute Gasteiger partial charge is 0.481 e. The Labute approximate surface area is 174 Å². The maximum Gasteiger partial charge on any atom is 0.213 e. The van der Waals surface area contributed by atoms with Crippen molar-refractivity contribution in [2.24, 2.45) is 4.99 Å². The zero-order valence-electron chi connectivity index (χ0n) is 16.1. The van der Waals surface area contributed by atoms with Crippen molar-refractivity contribution in [2.75, 3.05) is 46.6 Å². The Hall–Kier alpha value is -1.13. The third-order valence-corrected chi connectivity index (χ3v) is 3.29. The minimum atomic E-state index is 0. The van der Waals surface area contributed by atoms with Crippen molar-refractivity contribution in [1.82, 2.24) is 15.6 Å². The quantitative estimate of drug-likeness (QED) is 0.196. The van der Waals surface area contributed by atoms with Crippen LogP contribution >= 0.6 is 24.0 Å². The molecular weight excluding hydrogens is 447 g/mol. The van der Waals surface area contributed by atoms with E-state index < -0.39 is 0 Å². The number of halogens is 1. The first kappa shape index (κ1) is 24.9. The van der Waals surface area contributed by atoms with Crippen molar-refractivity contribution in [3.05, 3.63) is 23.9 Å². The Balaban J connectivity index is 0.00000625. The fraction of sp³-hybridized carbons (Fsp3) is 0.667. The molecule has 0 unspecified atom stereocenters. The van der Waals surface area contributed by atoms with Gasteiger partial charge in [0.2, 0.25) is 5.88 Å². The summed E-state index contributed by atoms with van der Waals surface area (Å²) in [7, 11) is 1.61. The molecule has 1 aromatic rings. The molecule has 1 aromatic heterocycles. The molecule has 0 aliphatic carbocycles. The van der Waals surface area contributed by atoms with Crippen LogP contribution in [0.5, 0.6) is 5.88 Å². The maximum atomic E-state index is 5.54. The number of aromatic nitrogens is 1. The van der Waals surface area contributed by atoms with Crippen molar-refractivity contribution < 1.29 is 14.2 Å². The van der Waals surface area contributed by atoms with Gasteiger partial charge < -0.3 is 24.8 Å². The summed E-state index contributed by atoms with van der Waals surface area (Å²) < 4.78 is 16.1. The van der Waals surface area contributed by atoms with Crippen LogP contribution in [-0.2, 0) is 16.0 Å². The van der Waals surface area contributed by atoms with Gasteiger partial charge in [0.1, 0.15) is 0 Å². The average molecular weight is 480 g/mol. The van der Waals surface area contributed by atoms with Crippen LogP contribution in [0, 0.1) is 0 Å². The third kappa shape index (κ3) is 12.3. The molecule has 0 aromatic carbocycles. The zero-order chi connectivity index (χ0) is 18.2. The summed E-state index contributed by atoms with van der Waals surface area (Å²) in [6, 6.07) is 5.66. The first-order valence-electron chi connectivity index (χ1n) is 8.97. The van der Waals surface area contributed by atoms with Crippen LogP contribution in [0.3, 0.4) is 0 Å². The van der Waals surface area contributed by atoms with E-state index in [4.69, 9.17) is 14.2 Å². The van der Waals surface area contributed by atoms with E-state index >= 15 is 0 Å². The highest BCUT2D eigenvalue weighted by atomic mass is 127. The van der Waals surface area contributed by atoms with Crippen LogP contribution in [0.1, 0.15) is 32.4 Å². The first-order valence-corrected chi connectivity index (χ1v) is 8.97. The highest BCUT2D eigenvalue weighted by molar-refractivity contribution is 14.0. The monoisotopic (exact) mass is 480 g/mol. The van der Waals surface area contributed by atoms with Gasteiger partial charge in [-0.15, -0.1) is 24.0 Å². The van der Waals surface area contributed by atoms with Gasteiger partial charge in [0.05, 0.1) is 39.2 Å². The Morgan fingerprint density at radius 3 is 2.54 bits per heavy atom. The van der Waals surface area contributed by atoms with Crippen molar-refractivity contribution in [3.8, 4) is 5.88 Å². The van der Waals surface area contributed by atoms with Gasteiger partial charge in [-0.1, -0.05) is 19.4 Å². The zero-order valence-corrected chi connectivity index (χ0v) is 18.5. The molecule has 7 nitrogen and oxygen atoms in total. The van der Waals surface area contributed by atoms with Gasteiger partial charge in [0, 0.05) is 25.8 Å². The van der Waals surface area contributed by atoms with Crippen LogP contribution in [0.4, 0.5) is 0 Å². The molecule has 0 fully saturated rings. The smallest absolute Gasteiger partial charge is 0.213 e. The third-order valence-electron chi connectivity index (χ3n) is 3.29. The molecule has 1 rings (SSSR count). The Morgan fingerprint density at radius 1 is 1.08 bits per heavy atom. The van der Waals surface area contributed by atoms with E-state index in [1.165, 1.54) is 0 Å². The summed E-state index contributed by atoms with van der Waals surface area (Å²) in [5.74, 6) is 1.34. The number of nitrogens with zero attached hydrogens (tertiary/aromatic N) is 2. The lowest BCUT2D eigenvalue weighted by Crippen LogP contribution is -2.39. The molecule has 8 heteroatoms. The number of pyridine rings is 1. The van der Waals surface area contributed by atoms with Gasteiger partial charge in [-0.05, 0) is 19.4 Å². The van der Waals surface area contributed by atoms with E-state index in [0.717, 1.165) is 37.6 Å². The topological polar surface area (TPSA) is 77.0 Å². The van der Waals surface area contributed by atoms with E-state index in [0.29, 0.717) is 38.8 Å². The Morgan fingerprint density at radius 2 is 1.85 bits per heavy atom. The molecule has 0 saturated heterocycles. The predicted octanol–water partition coefficient (Wildman–Crippen LogP) is 2.60. The van der Waals surface area contributed by atoms with Crippen LogP contribution < -0.4 is 15.4 Å². The molecule has 26 heavy (non-hydrogen) atoms. The van der Waals surface area contributed by atoms with Crippen LogP contribution in [0.2, 0.25) is 0 Å². The second-order valence-corrected chi connectivity index (χ2v) is 5.37. The van der Waals surface area contributed by atoms with Crippen LogP contribution in [-0.4, -0.2) is 57.6 Å². The number of nitrogens with one attached hydrogen (secondary N) is 2. The minimum absolute atomic E-state index is 0. The summed E-state index contributed by atoms with van der Waals surface area (Å²) in [4.78, 5) is 8.87. The molecule has 1 heterocycles. The lowest BCUT2D eigenvalue weighted by atomic mass is 10.3. The molecule has 0 aliphatic heterocycles. The molecule has 0 amide bonds. The second kappa shape index (κ2) is 17.3. The van der Waals surface area contributed by atoms with Crippen molar-refractivity contribution in [1.29, 1.82) is 0 Å². The number of rotatable bonds is 13. The molecule has 0 spiro atoms. The van der Waals surface area contributed by atoms with Crippen molar-refractivity contribution in [3.63, 3.8) is 0 Å². The maximum absolute atomic E-state index is 5.54. The summed E-state index contributed by atoms with van der Waals surface area (Å²) in [5.41, 5.74) is 0.858. The van der Waals surface area contributed by atoms with Crippen molar-refractivity contribution in [2.45, 2.75) is 33.2 Å². The van der Waals surface area contributed by atoms with Gasteiger partial charge in [0.15, 0.2) is 5.96 Å². The van der Waals surface area contributed by atoms with Gasteiger partial charge in [0.25, 0.3) is 0 Å². The minimum Gasteiger partial charge on any atom is -0.481 e. The standard InChI is InChI=1S/C18H32N4O3.HI/c1-4-6-11-24-13-14-25-12-10-20-18(19-5-2)21-15-16-8-7-9-17(22-16)23-3;/h7-9H,4-6,10-15H2,1-3H3,(H2,19,20,21);1H. The van der Waals surface area contributed by atoms with Crippen molar-refractivity contribution >= 4 is 29.9 Å². The van der Waals surface area contributed by atoms with Gasteiger partial charge >= 0.3 is 0 Å². The molecule has 2 N–H and O–H groups in total. The van der Waals surface area contributed by atoms with Crippen LogP contribution in [0.15, 0.2) is 23.2 Å². The Kier molecular flexibility index (Phi) is 16.5. The lowest BCUT2D eigenvalue weighted by molar-refractivity contribution is 0.0487. The normalized spacial score (nSPS) is 11.0. The molecule has 150 valence electrons. The van der Waals surface area contributed by atoms with Gasteiger partial charge in [-0.25, -0.2) is 9.98 Å². The average Bonchev–Trinajstić information content (AvgIpc) is 2.64. The van der Waals surface area contributed by atoms with Gasteiger partial charge in [-0.3, -0.25) is 0 Å². The summed E-state index contributed by atoms with van der Waals surface area (Å²) in [6.07, 6.45) is 2.26. The molecular formula is C18H33IN4O3. The first-order chi connectivity index (χ1) is 12.3. The highest BCUT2D eigenvalue weighted by Crippen LogP contribution is 2.07. The van der Waals surface area contributed by atoms with E-state index in [2.05, 4.69) is 27.5 Å². The molecule has 0 saturated carbocycles. The number of unbranched alkanes of at least 4 members (excludes halogenated alkanes) is 1. The number of guanidine groups is 1. The number of hydrogen-bond donors (Lipinski definition) is 2. The molecule has 0 atom stereocenters. The highest BCUT2D eigenvalue weighted by Gasteiger charge is 2.00. The molecule has 0 radical (unpaired) electrons. The second-order valence-electron chi connectivity index (χ2n) is 5.37. The van der Waals surface area contributed by atoms with Crippen LogP contribution in [0.25, 0.3) is 0 Å². The summed E-state index contributed by atoms with van der Waals surface area (Å²) in [6.45, 7) is 8.84. The van der Waals surface area contributed by atoms with E-state index in [9.17, 15) is 0 Å². The summed E-state index contributed by atoms with van der Waals surface area (Å²) in [5, 5.41) is 6.45. The van der Waals surface area contributed by atoms with E-state index in [1.807, 2.05) is 25.1 Å². The van der Waals surface area contributed by atoms with Gasteiger partial charge in [-0.2, -0.15) is 0 Å². The number of aliphatic imine (C=N–C) groups is 1. The van der Waals surface area contributed by atoms with E-state index in [1.54, 1.807) is 7.11 Å². The SMILES string of the molecule is CCCCOCCOCCNC(=NCc1cccc(OC)n1)NCC.I. The predicted molar refractivity (Wildman–Crippen MR) is 116 cm³/mol. The fourth-order valence-electron chi connectivity index (χ4n) is 1.97. The number of methoxy groups -OCH3 is 1. The molecule has 0 bridgehead atoms.